The summed E-state index contributed by atoms with van der Waals surface area (Å²) in [6.07, 6.45) is 0. The largest absolute Gasteiger partial charge is 0.421 e. The summed E-state index contributed by atoms with van der Waals surface area (Å²) < 4.78 is 2.70. The van der Waals surface area contributed by atoms with Gasteiger partial charge in [0, 0.05) is 37.1 Å². The lowest BCUT2D eigenvalue weighted by Gasteiger charge is -2.36. The van der Waals surface area contributed by atoms with E-state index in [4.69, 9.17) is 0 Å². The predicted molar refractivity (Wildman–Crippen MR) is 147 cm³/mol. The molecule has 0 saturated heterocycles. The molecule has 5 aromatic carbocycles. The first-order valence-corrected chi connectivity index (χ1v) is 12.5. The van der Waals surface area contributed by atoms with E-state index in [2.05, 4.69) is 125 Å². The van der Waals surface area contributed by atoms with Crippen molar-refractivity contribution >= 4 is 66.7 Å². The van der Waals surface area contributed by atoms with Crippen LogP contribution in [-0.2, 0) is 0 Å². The second-order valence-electron chi connectivity index (χ2n) is 8.99. The zero-order valence-electron chi connectivity index (χ0n) is 18.3. The molecule has 0 bridgehead atoms. The molecule has 1 aromatic heterocycles. The molecule has 0 atom stereocenters. The third-order valence-corrected chi connectivity index (χ3v) is 8.34. The summed E-state index contributed by atoms with van der Waals surface area (Å²) in [5, 5.41) is 2.70. The van der Waals surface area contributed by atoms with Gasteiger partial charge in [0.05, 0.1) is 11.4 Å². The minimum Gasteiger partial charge on any atom is -0.360 e. The van der Waals surface area contributed by atoms with E-state index in [1.54, 1.807) is 0 Å². The maximum atomic E-state index is 2.53. The van der Waals surface area contributed by atoms with Gasteiger partial charge in [-0.1, -0.05) is 66.7 Å². The fourth-order valence-electron chi connectivity index (χ4n) is 5.80. The first kappa shape index (κ1) is 18.4. The highest BCUT2D eigenvalue weighted by atomic mass is 32.1. The first-order chi connectivity index (χ1) is 16.9. The second kappa shape index (κ2) is 6.75. The molecule has 2 nitrogen and oxygen atoms in total. The number of benzene rings is 5. The molecule has 2 aliphatic heterocycles. The molecule has 0 saturated carbocycles. The van der Waals surface area contributed by atoms with Crippen molar-refractivity contribution in [2.24, 2.45) is 0 Å². The molecule has 8 rings (SSSR count). The van der Waals surface area contributed by atoms with Crippen LogP contribution in [0.1, 0.15) is 0 Å². The Morgan fingerprint density at radius 1 is 0.500 bits per heavy atom. The molecule has 3 heterocycles. The van der Waals surface area contributed by atoms with Crippen molar-refractivity contribution in [1.29, 1.82) is 0 Å². The van der Waals surface area contributed by atoms with Crippen LogP contribution >= 0.6 is 11.3 Å². The van der Waals surface area contributed by atoms with E-state index >= 15 is 0 Å². The average molecular weight is 450 g/mol. The van der Waals surface area contributed by atoms with Gasteiger partial charge in [-0.05, 0) is 59.6 Å². The number of fused-ring (bicyclic) bond motifs is 11. The summed E-state index contributed by atoms with van der Waals surface area (Å²) in [6, 6.07) is 42.1. The summed E-state index contributed by atoms with van der Waals surface area (Å²) in [4.78, 5) is 5.03. The lowest BCUT2D eigenvalue weighted by molar-refractivity contribution is 1.38. The molecular weight excluding hydrogens is 431 g/mol. The van der Waals surface area contributed by atoms with Gasteiger partial charge in [-0.25, -0.2) is 0 Å². The van der Waals surface area contributed by atoms with E-state index in [1.165, 1.54) is 59.5 Å². The normalized spacial score (nSPS) is 13.7. The molecule has 2 aliphatic rings. The standard InChI is InChI=1S/C30H19BN2S/c1-2-10-20(11-3-1)32-27-15-7-8-16-28(27)33-26-14-6-4-12-21(26)23-18-24-22-13-5-9-17-29(22)34-30(24)19-25(23)31(32)33/h1-19H. The van der Waals surface area contributed by atoms with Crippen molar-refractivity contribution in [1.82, 2.24) is 0 Å². The smallest absolute Gasteiger partial charge is 0.360 e. The van der Waals surface area contributed by atoms with Crippen molar-refractivity contribution < 1.29 is 0 Å². The van der Waals surface area contributed by atoms with Crippen LogP contribution in [0.25, 0.3) is 31.3 Å². The topological polar surface area (TPSA) is 6.48 Å². The quantitative estimate of drug-likeness (QED) is 0.237. The second-order valence-corrected chi connectivity index (χ2v) is 10.1. The SMILES string of the molecule is c1ccc(N2B3c4cc5sc6ccccc6c5cc4-c4ccccc4N3c3ccccc32)cc1. The van der Waals surface area contributed by atoms with Gasteiger partial charge in [0.25, 0.3) is 0 Å². The monoisotopic (exact) mass is 450 g/mol. The number of para-hydroxylation sites is 4. The van der Waals surface area contributed by atoms with Crippen molar-refractivity contribution in [3.63, 3.8) is 0 Å². The van der Waals surface area contributed by atoms with Crippen LogP contribution in [0.15, 0.2) is 115 Å². The van der Waals surface area contributed by atoms with E-state index in [9.17, 15) is 0 Å². The van der Waals surface area contributed by atoms with E-state index in [0.29, 0.717) is 0 Å². The summed E-state index contributed by atoms with van der Waals surface area (Å²) in [7, 11) is 0. The van der Waals surface area contributed by atoms with Crippen LogP contribution in [0, 0.1) is 0 Å². The Labute approximate surface area is 202 Å². The highest BCUT2D eigenvalue weighted by molar-refractivity contribution is 7.26. The van der Waals surface area contributed by atoms with Gasteiger partial charge in [0.1, 0.15) is 0 Å². The maximum Gasteiger partial charge on any atom is 0.421 e. The number of anilines is 4. The molecule has 0 spiro atoms. The highest BCUT2D eigenvalue weighted by Gasteiger charge is 2.47. The Morgan fingerprint density at radius 3 is 2.03 bits per heavy atom. The molecule has 0 unspecified atom stereocenters. The number of hydrogen-bond acceptors (Lipinski definition) is 3. The minimum atomic E-state index is 0.0688. The molecular formula is C30H19BN2S. The molecule has 0 aliphatic carbocycles. The third-order valence-electron chi connectivity index (χ3n) is 7.21. The zero-order chi connectivity index (χ0) is 22.2. The van der Waals surface area contributed by atoms with Gasteiger partial charge < -0.3 is 9.62 Å². The summed E-state index contributed by atoms with van der Waals surface area (Å²) in [5.41, 5.74) is 8.98. The van der Waals surface area contributed by atoms with Crippen molar-refractivity contribution in [3.8, 4) is 11.1 Å². The first-order valence-electron chi connectivity index (χ1n) is 11.7. The molecule has 0 radical (unpaired) electrons. The number of thiophene rings is 1. The van der Waals surface area contributed by atoms with Gasteiger partial charge >= 0.3 is 6.98 Å². The Kier molecular flexibility index (Phi) is 3.66. The van der Waals surface area contributed by atoms with E-state index in [0.717, 1.165) is 0 Å². The fourth-order valence-corrected chi connectivity index (χ4v) is 6.94. The summed E-state index contributed by atoms with van der Waals surface area (Å²) in [6.45, 7) is 0.0688. The maximum absolute atomic E-state index is 2.53. The predicted octanol–water partition coefficient (Wildman–Crippen LogP) is 7.72. The molecule has 0 amide bonds. The van der Waals surface area contributed by atoms with Gasteiger partial charge in [-0.3, -0.25) is 0 Å². The lowest BCUT2D eigenvalue weighted by Crippen LogP contribution is -2.55. The molecule has 34 heavy (non-hydrogen) atoms. The van der Waals surface area contributed by atoms with Gasteiger partial charge in [0.15, 0.2) is 0 Å². The third kappa shape index (κ3) is 2.36. The Hall–Kier alpha value is -4.02. The Balaban J connectivity index is 1.49. The van der Waals surface area contributed by atoms with Gasteiger partial charge in [0.2, 0.25) is 0 Å². The van der Waals surface area contributed by atoms with Crippen LogP contribution in [0.4, 0.5) is 22.7 Å². The van der Waals surface area contributed by atoms with Gasteiger partial charge in [-0.2, -0.15) is 0 Å². The highest BCUT2D eigenvalue weighted by Crippen LogP contribution is 2.51. The van der Waals surface area contributed by atoms with E-state index in [-0.39, 0.29) is 6.98 Å². The summed E-state index contributed by atoms with van der Waals surface area (Å²) in [5.74, 6) is 0. The molecule has 0 N–H and O–H groups in total. The van der Waals surface area contributed by atoms with Crippen LogP contribution in [0.3, 0.4) is 0 Å². The molecule has 0 fully saturated rings. The average Bonchev–Trinajstić information content (AvgIpc) is 3.44. The number of rotatable bonds is 1. The zero-order valence-corrected chi connectivity index (χ0v) is 19.2. The minimum absolute atomic E-state index is 0.0688. The lowest BCUT2D eigenvalue weighted by atomic mass is 9.59. The van der Waals surface area contributed by atoms with E-state index < -0.39 is 0 Å². The van der Waals surface area contributed by atoms with Crippen LogP contribution in [0.5, 0.6) is 0 Å². The Morgan fingerprint density at radius 2 is 1.18 bits per heavy atom. The van der Waals surface area contributed by atoms with Crippen molar-refractivity contribution in [3.05, 3.63) is 115 Å². The Bertz CT molecular complexity index is 1720. The molecule has 6 aromatic rings. The number of hydrogen-bond donors (Lipinski definition) is 0. The molecule has 158 valence electrons. The van der Waals surface area contributed by atoms with Crippen LogP contribution in [-0.4, -0.2) is 6.98 Å². The van der Waals surface area contributed by atoms with Gasteiger partial charge in [-0.15, -0.1) is 11.3 Å². The summed E-state index contributed by atoms with van der Waals surface area (Å²) >= 11 is 1.89. The van der Waals surface area contributed by atoms with E-state index in [1.807, 2.05) is 11.3 Å². The van der Waals surface area contributed by atoms with Crippen LogP contribution < -0.4 is 15.1 Å². The van der Waals surface area contributed by atoms with Crippen molar-refractivity contribution in [2.45, 2.75) is 0 Å². The fraction of sp³-hybridized carbons (Fsp3) is 0. The molecule has 4 heteroatoms. The van der Waals surface area contributed by atoms with Crippen molar-refractivity contribution in [2.75, 3.05) is 9.62 Å². The number of nitrogens with zero attached hydrogens (tertiary/aromatic N) is 2. The van der Waals surface area contributed by atoms with Crippen LogP contribution in [0.2, 0.25) is 0 Å².